The third-order valence-electron chi connectivity index (χ3n) is 5.79. The number of ether oxygens (including phenoxy) is 1. The Hall–Kier alpha value is -2.82. The predicted molar refractivity (Wildman–Crippen MR) is 115 cm³/mol. The summed E-state index contributed by atoms with van der Waals surface area (Å²) in [5.41, 5.74) is 4.55. The fraction of sp³-hybridized carbons (Fsp3) is 0.417. The van der Waals surface area contributed by atoms with E-state index in [0.29, 0.717) is 19.1 Å². The number of amides is 1. The van der Waals surface area contributed by atoms with Crippen LogP contribution in [0.4, 0.5) is 0 Å². The van der Waals surface area contributed by atoms with Gasteiger partial charge in [-0.05, 0) is 69.0 Å². The van der Waals surface area contributed by atoms with Gasteiger partial charge in [0.2, 0.25) is 5.91 Å². The standard InChI is InChI=1S/C24H29N3O2/c1-4-29-21-8-6-19(7-9-21)16-24(28)26-13-11-20(12-14-26)27-18(3)25-22-10-5-17(2)15-23(22)27/h5-10,15,20H,4,11-14,16H2,1-3H3. The summed E-state index contributed by atoms with van der Waals surface area (Å²) in [6, 6.07) is 14.7. The molecule has 1 amide bonds. The quantitative estimate of drug-likeness (QED) is 0.645. The van der Waals surface area contributed by atoms with Crippen LogP contribution in [0.2, 0.25) is 0 Å². The number of fused-ring (bicyclic) bond motifs is 1. The highest BCUT2D eigenvalue weighted by atomic mass is 16.5. The first-order chi connectivity index (χ1) is 14.0. The van der Waals surface area contributed by atoms with Gasteiger partial charge in [0.05, 0.1) is 24.1 Å². The van der Waals surface area contributed by atoms with Crippen molar-refractivity contribution in [2.24, 2.45) is 0 Å². The highest BCUT2D eigenvalue weighted by molar-refractivity contribution is 5.79. The first-order valence-electron chi connectivity index (χ1n) is 10.5. The van der Waals surface area contributed by atoms with E-state index in [4.69, 9.17) is 9.72 Å². The summed E-state index contributed by atoms with van der Waals surface area (Å²) in [5.74, 6) is 2.11. The van der Waals surface area contributed by atoms with Crippen molar-refractivity contribution in [1.29, 1.82) is 0 Å². The normalized spacial score (nSPS) is 15.1. The number of carbonyl (C=O) groups is 1. The van der Waals surface area contributed by atoms with Crippen LogP contribution < -0.4 is 4.74 Å². The van der Waals surface area contributed by atoms with Crippen LogP contribution in [0.15, 0.2) is 42.5 Å². The summed E-state index contributed by atoms with van der Waals surface area (Å²) < 4.78 is 7.85. The lowest BCUT2D eigenvalue weighted by atomic mass is 10.0. The number of aromatic nitrogens is 2. The minimum Gasteiger partial charge on any atom is -0.494 e. The molecule has 1 aromatic heterocycles. The van der Waals surface area contributed by atoms with E-state index in [0.717, 1.165) is 48.6 Å². The lowest BCUT2D eigenvalue weighted by Gasteiger charge is -2.33. The average Bonchev–Trinajstić information content (AvgIpc) is 3.04. The molecule has 0 bridgehead atoms. The third kappa shape index (κ3) is 4.14. The molecular weight excluding hydrogens is 362 g/mol. The molecule has 0 unspecified atom stereocenters. The topological polar surface area (TPSA) is 47.4 Å². The van der Waals surface area contributed by atoms with Crippen molar-refractivity contribution in [2.45, 2.75) is 46.1 Å². The second kappa shape index (κ2) is 8.27. The first-order valence-corrected chi connectivity index (χ1v) is 10.5. The Morgan fingerprint density at radius 1 is 1.10 bits per heavy atom. The number of aryl methyl sites for hydroxylation is 2. The summed E-state index contributed by atoms with van der Waals surface area (Å²) in [6.45, 7) is 8.42. The first kappa shape index (κ1) is 19.5. The van der Waals surface area contributed by atoms with Crippen LogP contribution in [0, 0.1) is 13.8 Å². The molecule has 0 aliphatic carbocycles. The highest BCUT2D eigenvalue weighted by Crippen LogP contribution is 2.29. The van der Waals surface area contributed by atoms with Gasteiger partial charge in [0, 0.05) is 19.1 Å². The second-order valence-electron chi connectivity index (χ2n) is 7.89. The van der Waals surface area contributed by atoms with E-state index in [1.165, 1.54) is 11.1 Å². The van der Waals surface area contributed by atoms with Gasteiger partial charge in [-0.15, -0.1) is 0 Å². The monoisotopic (exact) mass is 391 g/mol. The Kier molecular flexibility index (Phi) is 5.56. The van der Waals surface area contributed by atoms with Crippen molar-refractivity contribution in [3.05, 3.63) is 59.4 Å². The molecule has 0 N–H and O–H groups in total. The van der Waals surface area contributed by atoms with Crippen molar-refractivity contribution in [3.63, 3.8) is 0 Å². The van der Waals surface area contributed by atoms with E-state index in [1.54, 1.807) is 0 Å². The van der Waals surface area contributed by atoms with Crippen LogP contribution in [0.3, 0.4) is 0 Å². The molecule has 5 heteroatoms. The molecule has 2 aromatic carbocycles. The van der Waals surface area contributed by atoms with E-state index >= 15 is 0 Å². The van der Waals surface area contributed by atoms with Crippen LogP contribution >= 0.6 is 0 Å². The molecule has 0 atom stereocenters. The zero-order chi connectivity index (χ0) is 20.4. The minimum absolute atomic E-state index is 0.204. The molecule has 3 aromatic rings. The molecule has 0 spiro atoms. The fourth-order valence-corrected chi connectivity index (χ4v) is 4.31. The molecule has 0 saturated carbocycles. The maximum atomic E-state index is 12.8. The molecule has 1 aliphatic rings. The van der Waals surface area contributed by atoms with Crippen molar-refractivity contribution < 1.29 is 9.53 Å². The van der Waals surface area contributed by atoms with Gasteiger partial charge >= 0.3 is 0 Å². The Morgan fingerprint density at radius 2 is 1.83 bits per heavy atom. The van der Waals surface area contributed by atoms with E-state index in [-0.39, 0.29) is 5.91 Å². The van der Waals surface area contributed by atoms with E-state index < -0.39 is 0 Å². The molecule has 1 aliphatic heterocycles. The lowest BCUT2D eigenvalue weighted by molar-refractivity contribution is -0.131. The second-order valence-corrected chi connectivity index (χ2v) is 7.89. The summed E-state index contributed by atoms with van der Waals surface area (Å²) in [5, 5.41) is 0. The van der Waals surface area contributed by atoms with Crippen LogP contribution in [-0.2, 0) is 11.2 Å². The average molecular weight is 392 g/mol. The highest BCUT2D eigenvalue weighted by Gasteiger charge is 2.26. The van der Waals surface area contributed by atoms with Crippen molar-refractivity contribution >= 4 is 16.9 Å². The predicted octanol–water partition coefficient (Wildman–Crippen LogP) is 4.46. The van der Waals surface area contributed by atoms with Crippen LogP contribution in [0.5, 0.6) is 5.75 Å². The van der Waals surface area contributed by atoms with Crippen LogP contribution in [-0.4, -0.2) is 40.1 Å². The zero-order valence-corrected chi connectivity index (χ0v) is 17.5. The number of nitrogens with zero attached hydrogens (tertiary/aromatic N) is 3. The molecule has 152 valence electrons. The van der Waals surface area contributed by atoms with Crippen LogP contribution in [0.1, 0.15) is 42.8 Å². The largest absolute Gasteiger partial charge is 0.494 e. The third-order valence-corrected chi connectivity index (χ3v) is 5.79. The number of imidazole rings is 1. The molecule has 4 rings (SSSR count). The molecular formula is C24H29N3O2. The molecule has 1 saturated heterocycles. The van der Waals surface area contributed by atoms with Gasteiger partial charge in [0.25, 0.3) is 0 Å². The summed E-state index contributed by atoms with van der Waals surface area (Å²) in [7, 11) is 0. The molecule has 1 fully saturated rings. The van der Waals surface area contributed by atoms with Gasteiger partial charge in [0.1, 0.15) is 11.6 Å². The maximum absolute atomic E-state index is 12.8. The summed E-state index contributed by atoms with van der Waals surface area (Å²) in [4.78, 5) is 19.5. The lowest BCUT2D eigenvalue weighted by Crippen LogP contribution is -2.40. The molecule has 2 heterocycles. The number of benzene rings is 2. The van der Waals surface area contributed by atoms with Gasteiger partial charge in [0.15, 0.2) is 0 Å². The molecule has 0 radical (unpaired) electrons. The number of piperidine rings is 1. The van der Waals surface area contributed by atoms with Crippen molar-refractivity contribution in [2.75, 3.05) is 19.7 Å². The van der Waals surface area contributed by atoms with Crippen molar-refractivity contribution in [3.8, 4) is 5.75 Å². The van der Waals surface area contributed by atoms with Gasteiger partial charge in [-0.1, -0.05) is 18.2 Å². The minimum atomic E-state index is 0.204. The number of likely N-dealkylation sites (tertiary alicyclic amines) is 1. The van der Waals surface area contributed by atoms with Crippen molar-refractivity contribution in [1.82, 2.24) is 14.5 Å². The Balaban J connectivity index is 1.40. The molecule has 29 heavy (non-hydrogen) atoms. The van der Waals surface area contributed by atoms with Gasteiger partial charge in [-0.2, -0.15) is 0 Å². The SMILES string of the molecule is CCOc1ccc(CC(=O)N2CCC(n3c(C)nc4ccc(C)cc43)CC2)cc1. The summed E-state index contributed by atoms with van der Waals surface area (Å²) in [6.07, 6.45) is 2.38. The van der Waals surface area contributed by atoms with Crippen LogP contribution in [0.25, 0.3) is 11.0 Å². The van der Waals surface area contributed by atoms with Gasteiger partial charge in [-0.25, -0.2) is 4.98 Å². The van der Waals surface area contributed by atoms with Gasteiger partial charge in [-0.3, -0.25) is 4.79 Å². The number of hydrogen-bond donors (Lipinski definition) is 0. The number of hydrogen-bond acceptors (Lipinski definition) is 3. The smallest absolute Gasteiger partial charge is 0.226 e. The maximum Gasteiger partial charge on any atom is 0.226 e. The van der Waals surface area contributed by atoms with E-state index in [1.807, 2.05) is 36.1 Å². The Morgan fingerprint density at radius 3 is 2.52 bits per heavy atom. The Bertz CT molecular complexity index is 999. The zero-order valence-electron chi connectivity index (χ0n) is 17.5. The number of carbonyl (C=O) groups excluding carboxylic acids is 1. The number of rotatable bonds is 5. The fourth-order valence-electron chi connectivity index (χ4n) is 4.31. The van der Waals surface area contributed by atoms with E-state index in [2.05, 4.69) is 36.6 Å². The van der Waals surface area contributed by atoms with Gasteiger partial charge < -0.3 is 14.2 Å². The molecule has 5 nitrogen and oxygen atoms in total. The summed E-state index contributed by atoms with van der Waals surface area (Å²) >= 11 is 0. The van der Waals surface area contributed by atoms with E-state index in [9.17, 15) is 4.79 Å². The Labute approximate surface area is 172 Å².